The largest absolute Gasteiger partial charge is 0.478 e. The summed E-state index contributed by atoms with van der Waals surface area (Å²) in [5.74, 6) is -2.64. The summed E-state index contributed by atoms with van der Waals surface area (Å²) >= 11 is 0. The Morgan fingerprint density at radius 1 is 1.30 bits per heavy atom. The number of hydrogen-bond donors (Lipinski definition) is 1. The first kappa shape index (κ1) is 14.2. The molecular weight excluding hydrogens is 266 g/mol. The molecule has 0 fully saturated rings. The van der Waals surface area contributed by atoms with Crippen LogP contribution in [0.2, 0.25) is 0 Å². The third kappa shape index (κ3) is 2.54. The molecule has 0 atom stereocenters. The number of aromatic carboxylic acids is 1. The first-order valence-corrected chi connectivity index (χ1v) is 5.99. The zero-order chi connectivity index (χ0) is 15.1. The second kappa shape index (κ2) is 4.70. The number of benzene rings is 1. The predicted octanol–water partition coefficient (Wildman–Crippen LogP) is 3.15. The maximum Gasteiger partial charge on any atom is 0.339 e. The quantitative estimate of drug-likeness (QED) is 0.919. The number of carbonyl (C=O) groups is 1. The van der Waals surface area contributed by atoms with Gasteiger partial charge in [-0.05, 0) is 12.1 Å². The Balaban J connectivity index is 2.62. The Morgan fingerprint density at radius 2 is 1.95 bits per heavy atom. The van der Waals surface area contributed by atoms with Crippen molar-refractivity contribution < 1.29 is 18.7 Å². The molecule has 1 aromatic heterocycles. The average molecular weight is 280 g/mol. The van der Waals surface area contributed by atoms with Crippen molar-refractivity contribution in [3.63, 3.8) is 0 Å². The zero-order valence-corrected chi connectivity index (χ0v) is 11.3. The van der Waals surface area contributed by atoms with Crippen molar-refractivity contribution in [1.82, 2.24) is 9.78 Å². The molecule has 2 aromatic rings. The monoisotopic (exact) mass is 280 g/mol. The SMILES string of the molecule is CC(C)(C)c1nn(-c2ccc(F)cc2F)cc1C(=O)O. The van der Waals surface area contributed by atoms with E-state index < -0.39 is 23.0 Å². The fourth-order valence-corrected chi connectivity index (χ4v) is 1.87. The molecule has 1 aromatic carbocycles. The van der Waals surface area contributed by atoms with Crippen molar-refractivity contribution in [2.45, 2.75) is 26.2 Å². The van der Waals surface area contributed by atoms with E-state index in [1.54, 1.807) is 0 Å². The highest BCUT2D eigenvalue weighted by Crippen LogP contribution is 2.26. The summed E-state index contributed by atoms with van der Waals surface area (Å²) < 4.78 is 27.8. The summed E-state index contributed by atoms with van der Waals surface area (Å²) in [6.45, 7) is 5.44. The van der Waals surface area contributed by atoms with Gasteiger partial charge >= 0.3 is 5.97 Å². The minimum atomic E-state index is -1.14. The first-order chi connectivity index (χ1) is 9.20. The number of carboxylic acids is 1. The van der Waals surface area contributed by atoms with Crippen LogP contribution in [-0.2, 0) is 5.41 Å². The highest BCUT2D eigenvalue weighted by Gasteiger charge is 2.26. The molecule has 0 aliphatic heterocycles. The lowest BCUT2D eigenvalue weighted by molar-refractivity contribution is 0.0694. The third-order valence-corrected chi connectivity index (χ3v) is 2.81. The molecule has 0 aliphatic carbocycles. The summed E-state index contributed by atoms with van der Waals surface area (Å²) in [5.41, 5.74) is -0.158. The molecule has 0 saturated carbocycles. The molecule has 6 heteroatoms. The molecule has 0 aliphatic rings. The highest BCUT2D eigenvalue weighted by atomic mass is 19.1. The molecule has 4 nitrogen and oxygen atoms in total. The maximum atomic E-state index is 13.7. The second-order valence-corrected chi connectivity index (χ2v) is 5.49. The standard InChI is InChI=1S/C14H14F2N2O2/c1-14(2,3)12-9(13(19)20)7-18(17-12)11-5-4-8(15)6-10(11)16/h4-7H,1-3H3,(H,19,20). The molecule has 0 saturated heterocycles. The van der Waals surface area contributed by atoms with Gasteiger partial charge in [-0.25, -0.2) is 18.3 Å². The van der Waals surface area contributed by atoms with Crippen molar-refractivity contribution in [1.29, 1.82) is 0 Å². The molecule has 2 rings (SSSR count). The number of carboxylic acid groups (broad SMARTS) is 1. The van der Waals surface area contributed by atoms with Crippen molar-refractivity contribution >= 4 is 5.97 Å². The summed E-state index contributed by atoms with van der Waals surface area (Å²) in [7, 11) is 0. The van der Waals surface area contributed by atoms with Crippen LogP contribution < -0.4 is 0 Å². The molecule has 0 spiro atoms. The van der Waals surface area contributed by atoms with E-state index >= 15 is 0 Å². The van der Waals surface area contributed by atoms with Crippen LogP contribution in [0.1, 0.15) is 36.8 Å². The first-order valence-electron chi connectivity index (χ1n) is 5.99. The average Bonchev–Trinajstić information content (AvgIpc) is 2.73. The van der Waals surface area contributed by atoms with E-state index in [0.29, 0.717) is 5.69 Å². The molecule has 0 radical (unpaired) electrons. The van der Waals surface area contributed by atoms with Crippen molar-refractivity contribution in [2.24, 2.45) is 0 Å². The van der Waals surface area contributed by atoms with Crippen LogP contribution >= 0.6 is 0 Å². The van der Waals surface area contributed by atoms with Crippen molar-refractivity contribution in [2.75, 3.05) is 0 Å². The van der Waals surface area contributed by atoms with Crippen LogP contribution in [0.15, 0.2) is 24.4 Å². The molecule has 106 valence electrons. The second-order valence-electron chi connectivity index (χ2n) is 5.49. The molecule has 1 heterocycles. The summed E-state index contributed by atoms with van der Waals surface area (Å²) in [6, 6.07) is 3.04. The maximum absolute atomic E-state index is 13.7. The van der Waals surface area contributed by atoms with Crippen molar-refractivity contribution in [3.05, 3.63) is 47.3 Å². The van der Waals surface area contributed by atoms with E-state index in [9.17, 15) is 18.7 Å². The van der Waals surface area contributed by atoms with E-state index in [-0.39, 0.29) is 11.3 Å². The lowest BCUT2D eigenvalue weighted by Gasteiger charge is -2.16. The van der Waals surface area contributed by atoms with Gasteiger partial charge in [0.1, 0.15) is 17.1 Å². The van der Waals surface area contributed by atoms with Crippen LogP contribution in [0.25, 0.3) is 5.69 Å². The summed E-state index contributed by atoms with van der Waals surface area (Å²) in [4.78, 5) is 11.2. The topological polar surface area (TPSA) is 55.1 Å². The summed E-state index contributed by atoms with van der Waals surface area (Å²) in [5, 5.41) is 13.3. The number of aromatic nitrogens is 2. The van der Waals surface area contributed by atoms with Gasteiger partial charge in [-0.1, -0.05) is 20.8 Å². The Labute approximate surface area is 114 Å². The minimum absolute atomic E-state index is 0.00113. The fourth-order valence-electron chi connectivity index (χ4n) is 1.87. The minimum Gasteiger partial charge on any atom is -0.478 e. The Bertz CT molecular complexity index is 672. The van der Waals surface area contributed by atoms with Gasteiger partial charge in [0.2, 0.25) is 0 Å². The zero-order valence-electron chi connectivity index (χ0n) is 11.3. The van der Waals surface area contributed by atoms with E-state index in [2.05, 4.69) is 5.10 Å². The van der Waals surface area contributed by atoms with Crippen LogP contribution in [0.5, 0.6) is 0 Å². The normalized spacial score (nSPS) is 11.7. The van der Waals surface area contributed by atoms with Crippen LogP contribution in [0.4, 0.5) is 8.78 Å². The smallest absolute Gasteiger partial charge is 0.339 e. The Hall–Kier alpha value is -2.24. The van der Waals surface area contributed by atoms with Gasteiger partial charge in [0.05, 0.1) is 5.69 Å². The van der Waals surface area contributed by atoms with E-state index in [4.69, 9.17) is 0 Å². The number of nitrogens with zero attached hydrogens (tertiary/aromatic N) is 2. The number of halogens is 2. The van der Waals surface area contributed by atoms with Gasteiger partial charge < -0.3 is 5.11 Å². The van der Waals surface area contributed by atoms with Gasteiger partial charge in [0.25, 0.3) is 0 Å². The number of hydrogen-bond acceptors (Lipinski definition) is 2. The molecule has 0 bridgehead atoms. The highest BCUT2D eigenvalue weighted by molar-refractivity contribution is 5.89. The van der Waals surface area contributed by atoms with Gasteiger partial charge in [-0.2, -0.15) is 5.10 Å². The van der Waals surface area contributed by atoms with Crippen LogP contribution in [-0.4, -0.2) is 20.9 Å². The molecule has 1 N–H and O–H groups in total. The molecule has 20 heavy (non-hydrogen) atoms. The van der Waals surface area contributed by atoms with Crippen LogP contribution in [0.3, 0.4) is 0 Å². The van der Waals surface area contributed by atoms with Crippen LogP contribution in [0, 0.1) is 11.6 Å². The summed E-state index contributed by atoms with van der Waals surface area (Å²) in [6.07, 6.45) is 1.24. The predicted molar refractivity (Wildman–Crippen MR) is 69.1 cm³/mol. The van der Waals surface area contributed by atoms with E-state index in [0.717, 1.165) is 16.8 Å². The Kier molecular flexibility index (Phi) is 3.33. The molecular formula is C14H14F2N2O2. The van der Waals surface area contributed by atoms with Gasteiger partial charge in [0, 0.05) is 17.7 Å². The third-order valence-electron chi connectivity index (χ3n) is 2.81. The van der Waals surface area contributed by atoms with Gasteiger partial charge in [0.15, 0.2) is 5.82 Å². The Morgan fingerprint density at radius 3 is 2.40 bits per heavy atom. The molecule has 0 amide bonds. The lowest BCUT2D eigenvalue weighted by atomic mass is 9.90. The van der Waals surface area contributed by atoms with Gasteiger partial charge in [-0.15, -0.1) is 0 Å². The van der Waals surface area contributed by atoms with E-state index in [1.165, 1.54) is 12.3 Å². The van der Waals surface area contributed by atoms with Gasteiger partial charge in [-0.3, -0.25) is 0 Å². The fraction of sp³-hybridized carbons (Fsp3) is 0.286. The lowest BCUT2D eigenvalue weighted by Crippen LogP contribution is -2.16. The molecule has 0 unspecified atom stereocenters. The van der Waals surface area contributed by atoms with Crippen molar-refractivity contribution in [3.8, 4) is 5.69 Å². The van der Waals surface area contributed by atoms with E-state index in [1.807, 2.05) is 20.8 Å². The number of rotatable bonds is 2.